The Kier molecular flexibility index (Phi) is 6.12. The summed E-state index contributed by atoms with van der Waals surface area (Å²) in [5, 5.41) is 0. The minimum absolute atomic E-state index is 0. The number of hydrogen-bond donors (Lipinski definition) is 1. The number of benzene rings is 1. The number of amides is 1. The Balaban J connectivity index is 0.00000208. The van der Waals surface area contributed by atoms with Gasteiger partial charge in [0, 0.05) is 29.0 Å². The molecule has 1 amide bonds. The molecule has 0 radical (unpaired) electrons. The highest BCUT2D eigenvalue weighted by molar-refractivity contribution is 9.10. The highest BCUT2D eigenvalue weighted by Crippen LogP contribution is 2.28. The maximum absolute atomic E-state index is 12.9. The van der Waals surface area contributed by atoms with E-state index in [0.717, 1.165) is 46.6 Å². The summed E-state index contributed by atoms with van der Waals surface area (Å²) in [4.78, 5) is 14.8. The Bertz CT molecular complexity index is 744. The van der Waals surface area contributed by atoms with Crippen molar-refractivity contribution in [1.29, 1.82) is 0 Å². The molecule has 1 aromatic carbocycles. The van der Waals surface area contributed by atoms with Crippen LogP contribution >= 0.6 is 28.3 Å². The molecule has 0 bridgehead atoms. The van der Waals surface area contributed by atoms with Crippen LogP contribution in [-0.2, 0) is 0 Å². The van der Waals surface area contributed by atoms with Crippen LogP contribution in [0.5, 0.6) is 0 Å². The molecule has 0 spiro atoms. The smallest absolute Gasteiger partial charge is 0.255 e. The number of halogens is 2. The molecule has 4 nitrogen and oxygen atoms in total. The number of carbonyl (C=O) groups excluding carboxylic acids is 1. The lowest BCUT2D eigenvalue weighted by atomic mass is 10.1. The first-order valence-electron chi connectivity index (χ1n) is 7.96. The van der Waals surface area contributed by atoms with Gasteiger partial charge in [0.05, 0.1) is 11.3 Å². The van der Waals surface area contributed by atoms with Crippen LogP contribution in [0.4, 0.5) is 0 Å². The molecule has 1 aliphatic heterocycles. The first kappa shape index (κ1) is 19.0. The minimum atomic E-state index is 0. The largest absolute Gasteiger partial charge is 0.338 e. The third-order valence-corrected chi connectivity index (χ3v) is 5.33. The average molecular weight is 413 g/mol. The van der Waals surface area contributed by atoms with Crippen LogP contribution in [0.15, 0.2) is 34.8 Å². The molecular weight excluding hydrogens is 390 g/mol. The summed E-state index contributed by atoms with van der Waals surface area (Å²) in [5.41, 5.74) is 9.63. The monoisotopic (exact) mass is 411 g/mol. The Hall–Kier alpha value is -1.30. The standard InChI is InChI=1S/C18H22BrN3O.ClH/c1-12-9-15(18(23)21-8-7-14(10-20)11-21)13(2)22(12)17-6-4-3-5-16(17)19;/h3-6,9,14H,7-8,10-11,20H2,1-2H3;1H. The predicted molar refractivity (Wildman–Crippen MR) is 103 cm³/mol. The quantitative estimate of drug-likeness (QED) is 0.835. The summed E-state index contributed by atoms with van der Waals surface area (Å²) in [6.07, 6.45) is 1.01. The van der Waals surface area contributed by atoms with Crippen molar-refractivity contribution < 1.29 is 4.79 Å². The number of likely N-dealkylation sites (tertiary alicyclic amines) is 1. The third kappa shape index (κ3) is 3.39. The highest BCUT2D eigenvalue weighted by atomic mass is 79.9. The summed E-state index contributed by atoms with van der Waals surface area (Å²) < 4.78 is 3.15. The van der Waals surface area contributed by atoms with E-state index in [-0.39, 0.29) is 18.3 Å². The zero-order valence-corrected chi connectivity index (χ0v) is 16.4. The number of carbonyl (C=O) groups is 1. The van der Waals surface area contributed by atoms with E-state index in [9.17, 15) is 4.79 Å². The second-order valence-electron chi connectivity index (χ2n) is 6.21. The second-order valence-corrected chi connectivity index (χ2v) is 7.07. The van der Waals surface area contributed by atoms with Gasteiger partial charge in [-0.25, -0.2) is 0 Å². The first-order valence-corrected chi connectivity index (χ1v) is 8.75. The molecule has 2 aromatic rings. The van der Waals surface area contributed by atoms with Gasteiger partial charge in [-0.15, -0.1) is 12.4 Å². The summed E-state index contributed by atoms with van der Waals surface area (Å²) in [6.45, 7) is 6.28. The van der Waals surface area contributed by atoms with Crippen LogP contribution < -0.4 is 5.73 Å². The number of nitrogens with zero attached hydrogens (tertiary/aromatic N) is 2. The lowest BCUT2D eigenvalue weighted by Crippen LogP contribution is -2.30. The fraction of sp³-hybridized carbons (Fsp3) is 0.389. The molecule has 130 valence electrons. The van der Waals surface area contributed by atoms with Crippen LogP contribution in [0.25, 0.3) is 5.69 Å². The number of aromatic nitrogens is 1. The van der Waals surface area contributed by atoms with Crippen molar-refractivity contribution in [2.75, 3.05) is 19.6 Å². The van der Waals surface area contributed by atoms with Crippen LogP contribution in [-0.4, -0.2) is 35.0 Å². The molecule has 2 heterocycles. The third-order valence-electron chi connectivity index (χ3n) is 4.66. The van der Waals surface area contributed by atoms with Crippen molar-refractivity contribution >= 4 is 34.2 Å². The zero-order valence-electron chi connectivity index (χ0n) is 14.0. The minimum Gasteiger partial charge on any atom is -0.338 e. The maximum Gasteiger partial charge on any atom is 0.255 e. The number of rotatable bonds is 3. The van der Waals surface area contributed by atoms with Crippen molar-refractivity contribution in [1.82, 2.24) is 9.47 Å². The van der Waals surface area contributed by atoms with Gasteiger partial charge in [-0.2, -0.15) is 0 Å². The predicted octanol–water partition coefficient (Wildman–Crippen LogP) is 3.70. The zero-order chi connectivity index (χ0) is 16.6. The molecule has 1 aromatic heterocycles. The van der Waals surface area contributed by atoms with E-state index in [1.54, 1.807) is 0 Å². The van der Waals surface area contributed by atoms with E-state index in [2.05, 4.69) is 26.6 Å². The Morgan fingerprint density at radius 2 is 2.04 bits per heavy atom. The van der Waals surface area contributed by atoms with Crippen molar-refractivity contribution in [2.24, 2.45) is 11.7 Å². The summed E-state index contributed by atoms with van der Waals surface area (Å²) in [5.74, 6) is 0.554. The van der Waals surface area contributed by atoms with Gasteiger partial charge in [0.25, 0.3) is 5.91 Å². The molecule has 3 rings (SSSR count). The van der Waals surface area contributed by atoms with Crippen molar-refractivity contribution in [3.63, 3.8) is 0 Å². The van der Waals surface area contributed by atoms with Gasteiger partial charge in [-0.1, -0.05) is 12.1 Å². The van der Waals surface area contributed by atoms with Crippen LogP contribution in [0.3, 0.4) is 0 Å². The van der Waals surface area contributed by atoms with E-state index in [1.165, 1.54) is 0 Å². The number of hydrogen-bond acceptors (Lipinski definition) is 2. The molecule has 1 fully saturated rings. The molecule has 24 heavy (non-hydrogen) atoms. The van der Waals surface area contributed by atoms with E-state index in [4.69, 9.17) is 5.73 Å². The van der Waals surface area contributed by atoms with Gasteiger partial charge < -0.3 is 15.2 Å². The Morgan fingerprint density at radius 1 is 1.33 bits per heavy atom. The molecule has 6 heteroatoms. The van der Waals surface area contributed by atoms with Crippen molar-refractivity contribution in [3.05, 3.63) is 51.8 Å². The van der Waals surface area contributed by atoms with E-state index in [1.807, 2.05) is 43.0 Å². The van der Waals surface area contributed by atoms with Gasteiger partial charge in [-0.3, -0.25) is 4.79 Å². The molecule has 1 saturated heterocycles. The second kappa shape index (κ2) is 7.72. The van der Waals surface area contributed by atoms with Gasteiger partial charge in [0.2, 0.25) is 0 Å². The average Bonchev–Trinajstić information content (AvgIpc) is 3.13. The van der Waals surface area contributed by atoms with Crippen LogP contribution in [0.2, 0.25) is 0 Å². The van der Waals surface area contributed by atoms with Gasteiger partial charge in [0.15, 0.2) is 0 Å². The van der Waals surface area contributed by atoms with Gasteiger partial charge >= 0.3 is 0 Å². The SMILES string of the molecule is Cc1cc(C(=O)N2CCC(CN)C2)c(C)n1-c1ccccc1Br.Cl. The summed E-state index contributed by atoms with van der Waals surface area (Å²) in [7, 11) is 0. The normalized spacial score (nSPS) is 17.0. The fourth-order valence-electron chi connectivity index (χ4n) is 3.36. The van der Waals surface area contributed by atoms with Gasteiger partial charge in [0.1, 0.15) is 0 Å². The number of aryl methyl sites for hydroxylation is 1. The van der Waals surface area contributed by atoms with E-state index < -0.39 is 0 Å². The maximum atomic E-state index is 12.9. The summed E-state index contributed by atoms with van der Waals surface area (Å²) in [6, 6.07) is 10.1. The van der Waals surface area contributed by atoms with Gasteiger partial charge in [-0.05, 0) is 66.9 Å². The number of para-hydroxylation sites is 1. The molecule has 0 aliphatic carbocycles. The lowest BCUT2D eigenvalue weighted by molar-refractivity contribution is 0.0787. The summed E-state index contributed by atoms with van der Waals surface area (Å²) >= 11 is 3.60. The van der Waals surface area contributed by atoms with Crippen LogP contribution in [0.1, 0.15) is 28.2 Å². The Morgan fingerprint density at radius 3 is 2.67 bits per heavy atom. The van der Waals surface area contributed by atoms with Crippen LogP contribution in [0, 0.1) is 19.8 Å². The molecule has 2 N–H and O–H groups in total. The van der Waals surface area contributed by atoms with E-state index in [0.29, 0.717) is 12.5 Å². The van der Waals surface area contributed by atoms with Crippen molar-refractivity contribution in [2.45, 2.75) is 20.3 Å². The Labute approximate surface area is 157 Å². The molecule has 1 atom stereocenters. The van der Waals surface area contributed by atoms with Crippen molar-refractivity contribution in [3.8, 4) is 5.69 Å². The topological polar surface area (TPSA) is 51.3 Å². The first-order chi connectivity index (χ1) is 11.0. The lowest BCUT2D eigenvalue weighted by Gasteiger charge is -2.17. The fourth-order valence-corrected chi connectivity index (χ4v) is 3.83. The number of nitrogens with two attached hydrogens (primary N) is 1. The molecule has 1 aliphatic rings. The molecule has 1 unspecified atom stereocenters. The molecule has 0 saturated carbocycles. The van der Waals surface area contributed by atoms with E-state index >= 15 is 0 Å². The molecular formula is C18H23BrClN3O. The highest BCUT2D eigenvalue weighted by Gasteiger charge is 2.28.